The van der Waals surface area contributed by atoms with Gasteiger partial charge in [0.25, 0.3) is 0 Å². The van der Waals surface area contributed by atoms with Crippen molar-refractivity contribution in [3.63, 3.8) is 0 Å². The zero-order valence-corrected chi connectivity index (χ0v) is 18.2. The van der Waals surface area contributed by atoms with E-state index in [1.165, 1.54) is 0 Å². The van der Waals surface area contributed by atoms with Gasteiger partial charge in [-0.25, -0.2) is 0 Å². The molecular weight excluding hydrogens is 324 g/mol. The van der Waals surface area contributed by atoms with E-state index in [4.69, 9.17) is 0 Å². The fourth-order valence-corrected chi connectivity index (χ4v) is 4.57. The molecule has 0 aromatic heterocycles. The molecule has 0 aromatic carbocycles. The number of nitrogens with zero attached hydrogens (tertiary/aromatic N) is 3. The number of piperazine rings is 2. The molecule has 2 saturated heterocycles. The Morgan fingerprint density at radius 1 is 1.00 bits per heavy atom. The highest BCUT2D eigenvalue weighted by Gasteiger charge is 2.34. The van der Waals surface area contributed by atoms with Crippen molar-refractivity contribution in [2.75, 3.05) is 32.7 Å². The van der Waals surface area contributed by atoms with Gasteiger partial charge >= 0.3 is 0 Å². The van der Waals surface area contributed by atoms with Gasteiger partial charge < -0.3 is 10.2 Å². The van der Waals surface area contributed by atoms with E-state index in [9.17, 15) is 4.79 Å². The van der Waals surface area contributed by atoms with Crippen LogP contribution in [-0.4, -0.2) is 83.5 Å². The average molecular weight is 367 g/mol. The zero-order chi connectivity index (χ0) is 19.4. The van der Waals surface area contributed by atoms with Crippen LogP contribution in [0.2, 0.25) is 0 Å². The molecule has 0 radical (unpaired) electrons. The van der Waals surface area contributed by atoms with Crippen LogP contribution in [0.3, 0.4) is 0 Å². The maximum atomic E-state index is 12.9. The van der Waals surface area contributed by atoms with Gasteiger partial charge in [-0.15, -0.1) is 0 Å². The first-order chi connectivity index (χ1) is 12.2. The van der Waals surface area contributed by atoms with E-state index in [-0.39, 0.29) is 0 Å². The van der Waals surface area contributed by atoms with Crippen LogP contribution in [0.5, 0.6) is 0 Å². The molecule has 0 bridgehead atoms. The second-order valence-corrected chi connectivity index (χ2v) is 9.23. The molecule has 1 amide bonds. The van der Waals surface area contributed by atoms with E-state index in [2.05, 4.69) is 68.5 Å². The lowest BCUT2D eigenvalue weighted by atomic mass is 9.99. The molecule has 4 atom stereocenters. The second kappa shape index (κ2) is 9.52. The van der Waals surface area contributed by atoms with Crippen LogP contribution in [0.1, 0.15) is 61.3 Å². The molecule has 2 fully saturated rings. The van der Waals surface area contributed by atoms with Crippen LogP contribution in [-0.2, 0) is 4.79 Å². The van der Waals surface area contributed by atoms with Crippen LogP contribution >= 0.6 is 0 Å². The molecule has 0 saturated carbocycles. The molecule has 5 nitrogen and oxygen atoms in total. The van der Waals surface area contributed by atoms with Gasteiger partial charge in [-0.05, 0) is 47.0 Å². The fourth-order valence-electron chi connectivity index (χ4n) is 4.57. The Kier molecular flexibility index (Phi) is 7.92. The number of carbonyl (C=O) groups is 1. The molecule has 1 unspecified atom stereocenters. The van der Waals surface area contributed by atoms with E-state index < -0.39 is 0 Å². The van der Waals surface area contributed by atoms with Gasteiger partial charge in [0, 0.05) is 69.4 Å². The SMILES string of the molecule is CC(C)[C@@H]1CN(C(C)CCC(=O)N2[C@@H](C)CN(C(C)C)C[C@@H]2C)CCN1. The number of amides is 1. The third-order valence-corrected chi connectivity index (χ3v) is 6.41. The van der Waals surface area contributed by atoms with Crippen molar-refractivity contribution in [1.29, 1.82) is 0 Å². The first-order valence-corrected chi connectivity index (χ1v) is 10.7. The number of hydrogen-bond donors (Lipinski definition) is 1. The topological polar surface area (TPSA) is 38.8 Å². The molecule has 1 N–H and O–H groups in total. The number of nitrogens with one attached hydrogen (secondary N) is 1. The molecule has 2 aliphatic heterocycles. The standard InChI is InChI=1S/C21H42N4O/c1-15(2)20-14-23(11-10-22-20)17(5)8-9-21(26)25-18(6)12-24(16(3)4)13-19(25)7/h15-20,22H,8-14H2,1-7H3/t17?,18-,19-,20-/m0/s1. The number of hydrogen-bond acceptors (Lipinski definition) is 4. The Bertz CT molecular complexity index is 441. The van der Waals surface area contributed by atoms with Crippen molar-refractivity contribution >= 4 is 5.91 Å². The Hall–Kier alpha value is -0.650. The third-order valence-electron chi connectivity index (χ3n) is 6.41. The van der Waals surface area contributed by atoms with Gasteiger partial charge in [0.1, 0.15) is 0 Å². The molecule has 0 spiro atoms. The summed E-state index contributed by atoms with van der Waals surface area (Å²) in [7, 11) is 0. The average Bonchev–Trinajstić information content (AvgIpc) is 2.58. The normalized spacial score (nSPS) is 30.2. The molecule has 0 aliphatic carbocycles. The van der Waals surface area contributed by atoms with Gasteiger partial charge in [-0.1, -0.05) is 13.8 Å². The Morgan fingerprint density at radius 3 is 2.15 bits per heavy atom. The molecular formula is C21H42N4O. The highest BCUT2D eigenvalue weighted by Crippen LogP contribution is 2.20. The molecule has 26 heavy (non-hydrogen) atoms. The lowest BCUT2D eigenvalue weighted by molar-refractivity contribution is -0.140. The van der Waals surface area contributed by atoms with Gasteiger partial charge in [-0.2, -0.15) is 0 Å². The summed E-state index contributed by atoms with van der Waals surface area (Å²) in [6.07, 6.45) is 1.64. The predicted molar refractivity (Wildman–Crippen MR) is 109 cm³/mol. The summed E-state index contributed by atoms with van der Waals surface area (Å²) in [5.41, 5.74) is 0. The van der Waals surface area contributed by atoms with Crippen LogP contribution in [0, 0.1) is 5.92 Å². The van der Waals surface area contributed by atoms with Crippen molar-refractivity contribution in [2.45, 2.75) is 91.5 Å². The predicted octanol–water partition coefficient (Wildman–Crippen LogP) is 2.41. The lowest BCUT2D eigenvalue weighted by Gasteiger charge is -2.46. The van der Waals surface area contributed by atoms with Crippen LogP contribution in [0.25, 0.3) is 0 Å². The van der Waals surface area contributed by atoms with Crippen molar-refractivity contribution in [3.8, 4) is 0 Å². The van der Waals surface area contributed by atoms with E-state index in [1.807, 2.05) is 0 Å². The molecule has 5 heteroatoms. The minimum atomic E-state index is 0.313. The summed E-state index contributed by atoms with van der Waals surface area (Å²) < 4.78 is 0. The second-order valence-electron chi connectivity index (χ2n) is 9.23. The highest BCUT2D eigenvalue weighted by molar-refractivity contribution is 5.77. The van der Waals surface area contributed by atoms with Gasteiger partial charge in [0.2, 0.25) is 5.91 Å². The summed E-state index contributed by atoms with van der Waals surface area (Å²) in [5.74, 6) is 1.00. The summed E-state index contributed by atoms with van der Waals surface area (Å²) in [4.78, 5) is 20.1. The highest BCUT2D eigenvalue weighted by atomic mass is 16.2. The molecule has 0 aromatic rings. The van der Waals surface area contributed by atoms with E-state index >= 15 is 0 Å². The lowest BCUT2D eigenvalue weighted by Crippen LogP contribution is -2.60. The summed E-state index contributed by atoms with van der Waals surface area (Å²) in [5, 5.41) is 3.62. The quantitative estimate of drug-likeness (QED) is 0.784. The van der Waals surface area contributed by atoms with Gasteiger partial charge in [-0.3, -0.25) is 14.6 Å². The largest absolute Gasteiger partial charge is 0.335 e. The Morgan fingerprint density at radius 2 is 1.62 bits per heavy atom. The molecule has 2 heterocycles. The van der Waals surface area contributed by atoms with Gasteiger partial charge in [0.05, 0.1) is 0 Å². The molecule has 152 valence electrons. The summed E-state index contributed by atoms with van der Waals surface area (Å²) in [6.45, 7) is 21.0. The van der Waals surface area contributed by atoms with Crippen molar-refractivity contribution < 1.29 is 4.79 Å². The van der Waals surface area contributed by atoms with E-state index in [1.54, 1.807) is 0 Å². The van der Waals surface area contributed by atoms with E-state index in [0.717, 1.165) is 39.1 Å². The maximum Gasteiger partial charge on any atom is 0.223 e. The third kappa shape index (κ3) is 5.43. The van der Waals surface area contributed by atoms with Crippen molar-refractivity contribution in [1.82, 2.24) is 20.0 Å². The van der Waals surface area contributed by atoms with Crippen molar-refractivity contribution in [2.24, 2.45) is 5.92 Å². The minimum absolute atomic E-state index is 0.313. The molecule has 2 rings (SSSR count). The van der Waals surface area contributed by atoms with Crippen LogP contribution < -0.4 is 5.32 Å². The zero-order valence-electron chi connectivity index (χ0n) is 18.2. The minimum Gasteiger partial charge on any atom is -0.335 e. The first kappa shape index (κ1) is 21.6. The summed E-state index contributed by atoms with van der Waals surface area (Å²) >= 11 is 0. The first-order valence-electron chi connectivity index (χ1n) is 10.7. The monoisotopic (exact) mass is 366 g/mol. The van der Waals surface area contributed by atoms with Crippen molar-refractivity contribution in [3.05, 3.63) is 0 Å². The maximum absolute atomic E-state index is 12.9. The Balaban J connectivity index is 1.84. The van der Waals surface area contributed by atoms with Gasteiger partial charge in [0.15, 0.2) is 0 Å². The van der Waals surface area contributed by atoms with Crippen LogP contribution in [0.15, 0.2) is 0 Å². The fraction of sp³-hybridized carbons (Fsp3) is 0.952. The summed E-state index contributed by atoms with van der Waals surface area (Å²) in [6, 6.07) is 2.23. The van der Waals surface area contributed by atoms with Crippen LogP contribution in [0.4, 0.5) is 0 Å². The number of rotatable bonds is 6. The Labute approximate surface area is 161 Å². The number of carbonyl (C=O) groups excluding carboxylic acids is 1. The molecule has 2 aliphatic rings. The van der Waals surface area contributed by atoms with E-state index in [0.29, 0.717) is 48.5 Å². The smallest absolute Gasteiger partial charge is 0.223 e.